The summed E-state index contributed by atoms with van der Waals surface area (Å²) in [5.41, 5.74) is 0. The summed E-state index contributed by atoms with van der Waals surface area (Å²) >= 11 is 0. The van der Waals surface area contributed by atoms with Gasteiger partial charge in [-0.05, 0) is 77.0 Å². The Balaban J connectivity index is 2.49. The number of aliphatic hydroxyl groups excluding tert-OH is 6. The maximum Gasteiger partial charge on any atom is 0.472 e. The molecular weight excluding hydrogens is 892 g/mol. The Labute approximate surface area is 407 Å². The third-order valence-corrected chi connectivity index (χ3v) is 12.0. The summed E-state index contributed by atoms with van der Waals surface area (Å²) in [6.07, 6.45) is 39.3. The van der Waals surface area contributed by atoms with Crippen molar-refractivity contribution >= 4 is 19.8 Å². The number of allylic oxidation sites excluding steroid dienone is 14. The molecule has 9 atom stereocenters. The lowest BCUT2D eigenvalue weighted by molar-refractivity contribution is -0.220. The molecule has 0 aromatic heterocycles. The van der Waals surface area contributed by atoms with E-state index in [1.807, 2.05) is 54.7 Å². The van der Waals surface area contributed by atoms with E-state index < -0.39 is 81.8 Å². The number of carbonyl (C=O) groups is 2. The first-order valence-electron chi connectivity index (χ1n) is 25.1. The Morgan fingerprint density at radius 1 is 0.544 bits per heavy atom. The molecule has 1 fully saturated rings. The van der Waals surface area contributed by atoms with Gasteiger partial charge in [-0.15, -0.1) is 0 Å². The second-order valence-corrected chi connectivity index (χ2v) is 18.5. The summed E-state index contributed by atoms with van der Waals surface area (Å²) in [6.45, 7) is 3.00. The van der Waals surface area contributed by atoms with E-state index in [2.05, 4.69) is 50.3 Å². The zero-order valence-corrected chi connectivity index (χ0v) is 41.9. The van der Waals surface area contributed by atoms with Gasteiger partial charge in [0.25, 0.3) is 0 Å². The van der Waals surface area contributed by atoms with Gasteiger partial charge in [0.1, 0.15) is 43.2 Å². The lowest BCUT2D eigenvalue weighted by Crippen LogP contribution is -2.64. The van der Waals surface area contributed by atoms with Crippen molar-refractivity contribution in [3.8, 4) is 0 Å². The van der Waals surface area contributed by atoms with Crippen LogP contribution in [0.25, 0.3) is 0 Å². The van der Waals surface area contributed by atoms with Crippen LogP contribution < -0.4 is 0 Å². The van der Waals surface area contributed by atoms with Crippen molar-refractivity contribution in [2.45, 2.75) is 210 Å². The molecule has 0 aromatic carbocycles. The predicted octanol–water partition coefficient (Wildman–Crippen LogP) is 9.58. The van der Waals surface area contributed by atoms with Gasteiger partial charge in [0.05, 0.1) is 12.7 Å². The Kier molecular flexibility index (Phi) is 38.3. The normalized spacial score (nSPS) is 22.3. The van der Waals surface area contributed by atoms with E-state index in [-0.39, 0.29) is 12.8 Å². The summed E-state index contributed by atoms with van der Waals surface area (Å²) in [5, 5.41) is 60.1. The lowest BCUT2D eigenvalue weighted by Gasteiger charge is -2.41. The second kappa shape index (κ2) is 41.5. The van der Waals surface area contributed by atoms with Crippen molar-refractivity contribution in [2.75, 3.05) is 13.2 Å². The van der Waals surface area contributed by atoms with Crippen LogP contribution in [0.3, 0.4) is 0 Å². The van der Waals surface area contributed by atoms with E-state index in [0.29, 0.717) is 25.7 Å². The molecule has 0 spiro atoms. The third kappa shape index (κ3) is 33.3. The molecule has 0 radical (unpaired) electrons. The monoisotopic (exact) mass is 979 g/mol. The molecule has 0 saturated heterocycles. The number of rotatable bonds is 40. The summed E-state index contributed by atoms with van der Waals surface area (Å²) in [4.78, 5) is 35.8. The fourth-order valence-corrected chi connectivity index (χ4v) is 7.93. The molecule has 0 aliphatic heterocycles. The van der Waals surface area contributed by atoms with Gasteiger partial charge in [0.15, 0.2) is 6.10 Å². The van der Waals surface area contributed by atoms with E-state index in [1.165, 1.54) is 51.4 Å². The average molecular weight is 979 g/mol. The first-order chi connectivity index (χ1) is 32.8. The van der Waals surface area contributed by atoms with Gasteiger partial charge in [-0.25, -0.2) is 4.57 Å². The lowest BCUT2D eigenvalue weighted by atomic mass is 9.85. The minimum absolute atomic E-state index is 0.0202. The Morgan fingerprint density at radius 3 is 1.62 bits per heavy atom. The first-order valence-corrected chi connectivity index (χ1v) is 26.6. The second-order valence-electron chi connectivity index (χ2n) is 17.1. The zero-order chi connectivity index (χ0) is 50.1. The Bertz CT molecular complexity index is 1570. The minimum Gasteiger partial charge on any atom is -0.462 e. The number of esters is 2. The highest BCUT2D eigenvalue weighted by atomic mass is 31.2. The molecule has 14 nitrogen and oxygen atoms in total. The van der Waals surface area contributed by atoms with Crippen molar-refractivity contribution in [1.82, 2.24) is 0 Å². The highest BCUT2D eigenvalue weighted by Crippen LogP contribution is 2.47. The van der Waals surface area contributed by atoms with E-state index >= 15 is 0 Å². The highest BCUT2D eigenvalue weighted by molar-refractivity contribution is 7.47. The average Bonchev–Trinajstić information content (AvgIpc) is 3.32. The van der Waals surface area contributed by atoms with Crippen molar-refractivity contribution in [2.24, 2.45) is 0 Å². The summed E-state index contributed by atoms with van der Waals surface area (Å²) in [6, 6.07) is 0. The molecule has 0 bridgehead atoms. The van der Waals surface area contributed by atoms with Gasteiger partial charge in [-0.1, -0.05) is 169 Å². The fourth-order valence-electron chi connectivity index (χ4n) is 6.96. The van der Waals surface area contributed by atoms with Crippen molar-refractivity contribution in [3.05, 3.63) is 97.2 Å². The van der Waals surface area contributed by atoms with Crippen LogP contribution in [0.4, 0.5) is 0 Å². The largest absolute Gasteiger partial charge is 0.472 e. The van der Waals surface area contributed by atoms with Gasteiger partial charge < -0.3 is 45.0 Å². The van der Waals surface area contributed by atoms with Gasteiger partial charge in [0, 0.05) is 12.8 Å². The molecule has 1 aliphatic rings. The zero-order valence-electron chi connectivity index (χ0n) is 41.0. The van der Waals surface area contributed by atoms with Crippen LogP contribution in [0, 0.1) is 0 Å². The quantitative estimate of drug-likeness (QED) is 0.00997. The van der Waals surface area contributed by atoms with Crippen molar-refractivity contribution < 1.29 is 68.2 Å². The molecule has 4 unspecified atom stereocenters. The van der Waals surface area contributed by atoms with Crippen LogP contribution in [-0.4, -0.2) is 110 Å². The third-order valence-electron chi connectivity index (χ3n) is 11.0. The van der Waals surface area contributed by atoms with Crippen LogP contribution >= 0.6 is 7.82 Å². The maximum absolute atomic E-state index is 12.8. The number of hydrogen-bond donors (Lipinski definition) is 7. The van der Waals surface area contributed by atoms with E-state index in [1.54, 1.807) is 6.08 Å². The molecule has 388 valence electrons. The van der Waals surface area contributed by atoms with E-state index in [9.17, 15) is 49.7 Å². The van der Waals surface area contributed by atoms with Crippen LogP contribution in [-0.2, 0) is 32.7 Å². The summed E-state index contributed by atoms with van der Waals surface area (Å²) in [5.74, 6) is -1.23. The molecule has 0 amide bonds. The standard InChI is InChI=1S/C53H87O14P/c1-3-5-7-8-9-10-11-12-13-14-15-16-17-20-24-27-30-33-37-41-47(56)66-45(43-65-68(62,63)67-53-51(60)49(58)48(57)50(59)52(53)61)42-64-46(55)40-36-32-29-26-23-21-18-19-22-25-28-31-35-39-44(54)38-34-6-4-2/h6,9-10,12-13,19,21-23,28-29,31-32,34-35,39,44-45,48-54,57-61H,3-5,7-8,11,14-18,20,24-27,30,33,36-38,40-43H2,1-2H3,(H,62,63)/b10-9-,13-12-,22-19-,23-21-,31-28+,32-29-,34-6-,39-35+/t44?,45-,48?,49-,50+,51-,52-,53?/m1/s1. The summed E-state index contributed by atoms with van der Waals surface area (Å²) in [7, 11) is -5.16. The number of aliphatic hydroxyl groups is 6. The topological polar surface area (TPSA) is 230 Å². The van der Waals surface area contributed by atoms with Crippen molar-refractivity contribution in [3.63, 3.8) is 0 Å². The Hall–Kier alpha value is -3.27. The highest BCUT2D eigenvalue weighted by Gasteiger charge is 2.51. The molecule has 1 aliphatic carbocycles. The van der Waals surface area contributed by atoms with Gasteiger partial charge >= 0.3 is 19.8 Å². The van der Waals surface area contributed by atoms with E-state index in [4.69, 9.17) is 18.5 Å². The van der Waals surface area contributed by atoms with Crippen LogP contribution in [0.2, 0.25) is 0 Å². The smallest absolute Gasteiger partial charge is 0.462 e. The molecule has 1 rings (SSSR count). The number of phosphoric acid groups is 1. The molecule has 1 saturated carbocycles. The maximum atomic E-state index is 12.8. The van der Waals surface area contributed by atoms with Gasteiger partial charge in [-0.2, -0.15) is 0 Å². The van der Waals surface area contributed by atoms with Crippen LogP contribution in [0.1, 0.15) is 162 Å². The SMILES string of the molecule is CC/C=C\CC(O)/C=C/C=C/C/C=C\C/C=C\C/C=C\CCC(=O)OC[C@H](COP(=O)(O)OC1[C@H](O)[C@H](O)C(O)[C@H](O)[C@H]1O)OC(=O)CCCCCCCCCCC/C=C\C/C=C\CCCCC. The van der Waals surface area contributed by atoms with Gasteiger partial charge in [0.2, 0.25) is 0 Å². The number of unbranched alkanes of at least 4 members (excludes halogenated alkanes) is 12. The molecule has 68 heavy (non-hydrogen) atoms. The summed E-state index contributed by atoms with van der Waals surface area (Å²) < 4.78 is 33.5. The number of ether oxygens (including phenoxy) is 2. The molecule has 0 heterocycles. The number of hydrogen-bond acceptors (Lipinski definition) is 13. The molecule has 7 N–H and O–H groups in total. The van der Waals surface area contributed by atoms with E-state index in [0.717, 1.165) is 57.8 Å². The molecular formula is C53H87O14P. The minimum atomic E-state index is -5.16. The van der Waals surface area contributed by atoms with Crippen molar-refractivity contribution in [1.29, 1.82) is 0 Å². The first kappa shape index (κ1) is 62.7. The molecule has 0 aromatic rings. The Morgan fingerprint density at radius 2 is 1.04 bits per heavy atom. The fraction of sp³-hybridized carbons (Fsp3) is 0.660. The van der Waals surface area contributed by atoms with Gasteiger partial charge in [-0.3, -0.25) is 18.6 Å². The van der Waals surface area contributed by atoms with Crippen LogP contribution in [0.15, 0.2) is 97.2 Å². The number of carbonyl (C=O) groups excluding carboxylic acids is 2. The predicted molar refractivity (Wildman–Crippen MR) is 268 cm³/mol. The molecule has 15 heteroatoms. The van der Waals surface area contributed by atoms with Crippen LogP contribution in [0.5, 0.6) is 0 Å². The number of phosphoric ester groups is 1.